The molecule has 6 heteroatoms. The first-order chi connectivity index (χ1) is 13.1. The van der Waals surface area contributed by atoms with Crippen molar-refractivity contribution in [2.75, 3.05) is 0 Å². The minimum Gasteiger partial charge on any atom is -0.304 e. The zero-order chi connectivity index (χ0) is 18.8. The molecule has 2 amide bonds. The minimum absolute atomic E-state index is 0.173. The summed E-state index contributed by atoms with van der Waals surface area (Å²) in [7, 11) is 0. The largest absolute Gasteiger partial charge is 0.304 e. The average Bonchev–Trinajstić information content (AvgIpc) is 3.12. The van der Waals surface area contributed by atoms with Gasteiger partial charge in [-0.25, -0.2) is 4.98 Å². The summed E-state index contributed by atoms with van der Waals surface area (Å²) >= 11 is 0. The Kier molecular flexibility index (Phi) is 4.30. The quantitative estimate of drug-likeness (QED) is 0.553. The van der Waals surface area contributed by atoms with E-state index in [4.69, 9.17) is 0 Å². The molecule has 4 aromatic rings. The van der Waals surface area contributed by atoms with Gasteiger partial charge in [-0.3, -0.25) is 20.4 Å². The van der Waals surface area contributed by atoms with Crippen LogP contribution >= 0.6 is 0 Å². The number of pyridine rings is 1. The van der Waals surface area contributed by atoms with Crippen molar-refractivity contribution in [2.45, 2.75) is 13.3 Å². The molecule has 27 heavy (non-hydrogen) atoms. The lowest BCUT2D eigenvalue weighted by atomic mass is 10.0. The van der Waals surface area contributed by atoms with Crippen LogP contribution in [0.5, 0.6) is 0 Å². The van der Waals surface area contributed by atoms with Crippen LogP contribution < -0.4 is 10.9 Å². The van der Waals surface area contributed by atoms with Gasteiger partial charge in [-0.15, -0.1) is 0 Å². The standard InChI is InChI=1S/C21H18N4O2/c1-14-6-4-11-19-22-18(13-25(14)19)21(27)24-23-20(26)12-16-9-5-8-15-7-2-3-10-17(15)16/h2-11,13H,12H2,1H3,(H,23,26)(H,24,27). The molecule has 2 heterocycles. The highest BCUT2D eigenvalue weighted by Gasteiger charge is 2.13. The van der Waals surface area contributed by atoms with Gasteiger partial charge >= 0.3 is 0 Å². The van der Waals surface area contributed by atoms with Crippen LogP contribution in [0.2, 0.25) is 0 Å². The molecule has 0 spiro atoms. The van der Waals surface area contributed by atoms with E-state index in [2.05, 4.69) is 15.8 Å². The fourth-order valence-corrected chi connectivity index (χ4v) is 3.11. The van der Waals surface area contributed by atoms with E-state index in [9.17, 15) is 9.59 Å². The lowest BCUT2D eigenvalue weighted by Crippen LogP contribution is -2.42. The van der Waals surface area contributed by atoms with Gasteiger partial charge in [0.25, 0.3) is 5.91 Å². The Balaban J connectivity index is 1.44. The lowest BCUT2D eigenvalue weighted by molar-refractivity contribution is -0.121. The van der Waals surface area contributed by atoms with E-state index in [0.717, 1.165) is 22.0 Å². The number of nitrogens with zero attached hydrogens (tertiary/aromatic N) is 2. The van der Waals surface area contributed by atoms with Crippen LogP contribution in [0.25, 0.3) is 16.4 Å². The average molecular weight is 358 g/mol. The molecule has 6 nitrogen and oxygen atoms in total. The highest BCUT2D eigenvalue weighted by atomic mass is 16.2. The van der Waals surface area contributed by atoms with Gasteiger partial charge in [0.2, 0.25) is 5.91 Å². The second-order valence-corrected chi connectivity index (χ2v) is 6.34. The third-order valence-electron chi connectivity index (χ3n) is 4.47. The molecule has 0 atom stereocenters. The highest BCUT2D eigenvalue weighted by molar-refractivity contribution is 5.95. The number of aryl methyl sites for hydroxylation is 1. The molecule has 2 aromatic carbocycles. The third kappa shape index (κ3) is 3.37. The number of hydrogen-bond acceptors (Lipinski definition) is 3. The van der Waals surface area contributed by atoms with Crippen molar-refractivity contribution in [3.05, 3.63) is 83.8 Å². The Bertz CT molecular complexity index is 1160. The summed E-state index contributed by atoms with van der Waals surface area (Å²) in [5.41, 5.74) is 7.70. The number of nitrogens with one attached hydrogen (secondary N) is 2. The second-order valence-electron chi connectivity index (χ2n) is 6.34. The zero-order valence-corrected chi connectivity index (χ0v) is 14.8. The van der Waals surface area contributed by atoms with Crippen LogP contribution in [0.1, 0.15) is 21.7 Å². The summed E-state index contributed by atoms with van der Waals surface area (Å²) in [6, 6.07) is 19.4. The molecule has 0 saturated carbocycles. The normalized spacial score (nSPS) is 10.9. The Morgan fingerprint density at radius 3 is 2.59 bits per heavy atom. The highest BCUT2D eigenvalue weighted by Crippen LogP contribution is 2.18. The molecular formula is C21H18N4O2. The van der Waals surface area contributed by atoms with Crippen molar-refractivity contribution in [3.8, 4) is 0 Å². The van der Waals surface area contributed by atoms with Crippen LogP contribution in [0.4, 0.5) is 0 Å². The van der Waals surface area contributed by atoms with Gasteiger partial charge in [0, 0.05) is 11.9 Å². The van der Waals surface area contributed by atoms with Gasteiger partial charge in [0.1, 0.15) is 11.3 Å². The molecule has 0 bridgehead atoms. The van der Waals surface area contributed by atoms with E-state index >= 15 is 0 Å². The molecule has 0 radical (unpaired) electrons. The van der Waals surface area contributed by atoms with E-state index in [0.29, 0.717) is 5.65 Å². The SMILES string of the molecule is Cc1cccc2nc(C(=O)NNC(=O)Cc3cccc4ccccc34)cn12. The summed E-state index contributed by atoms with van der Waals surface area (Å²) in [5, 5.41) is 2.10. The molecule has 2 N–H and O–H groups in total. The van der Waals surface area contributed by atoms with Gasteiger partial charge in [-0.05, 0) is 35.4 Å². The number of hydrazine groups is 1. The maximum Gasteiger partial charge on any atom is 0.289 e. The molecule has 0 unspecified atom stereocenters. The summed E-state index contributed by atoms with van der Waals surface area (Å²) in [6.45, 7) is 1.93. The van der Waals surface area contributed by atoms with Gasteiger partial charge < -0.3 is 4.40 Å². The van der Waals surface area contributed by atoms with Gasteiger partial charge in [0.15, 0.2) is 0 Å². The van der Waals surface area contributed by atoms with Crippen LogP contribution in [0.15, 0.2) is 66.9 Å². The second kappa shape index (κ2) is 6.92. The number of amides is 2. The number of aromatic nitrogens is 2. The first kappa shape index (κ1) is 16.8. The van der Waals surface area contributed by atoms with Crippen molar-refractivity contribution in [2.24, 2.45) is 0 Å². The first-order valence-corrected chi connectivity index (χ1v) is 8.62. The van der Waals surface area contributed by atoms with E-state index in [1.54, 1.807) is 6.20 Å². The number of carbonyl (C=O) groups is 2. The maximum absolute atomic E-state index is 12.3. The maximum atomic E-state index is 12.3. The summed E-state index contributed by atoms with van der Waals surface area (Å²) < 4.78 is 1.83. The van der Waals surface area contributed by atoms with Crippen molar-refractivity contribution in [3.63, 3.8) is 0 Å². The van der Waals surface area contributed by atoms with Crippen LogP contribution in [-0.2, 0) is 11.2 Å². The molecule has 0 fully saturated rings. The molecular weight excluding hydrogens is 340 g/mol. The Morgan fingerprint density at radius 1 is 0.963 bits per heavy atom. The van der Waals surface area contributed by atoms with E-state index in [-0.39, 0.29) is 18.0 Å². The number of imidazole rings is 1. The van der Waals surface area contributed by atoms with E-state index in [1.165, 1.54) is 0 Å². The summed E-state index contributed by atoms with van der Waals surface area (Å²) in [4.78, 5) is 28.8. The molecule has 0 aliphatic rings. The molecule has 0 aliphatic carbocycles. The van der Waals surface area contributed by atoms with Crippen LogP contribution in [0.3, 0.4) is 0 Å². The van der Waals surface area contributed by atoms with Crippen LogP contribution in [-0.4, -0.2) is 21.2 Å². The summed E-state index contributed by atoms with van der Waals surface area (Å²) in [5.74, 6) is -0.746. The molecule has 0 aliphatic heterocycles. The van der Waals surface area contributed by atoms with Gasteiger partial charge in [-0.2, -0.15) is 0 Å². The Hall–Kier alpha value is -3.67. The predicted octanol–water partition coefficient (Wildman–Crippen LogP) is 2.80. The van der Waals surface area contributed by atoms with Crippen molar-refractivity contribution >= 4 is 28.2 Å². The number of hydrogen-bond donors (Lipinski definition) is 2. The zero-order valence-electron chi connectivity index (χ0n) is 14.8. The number of rotatable bonds is 3. The number of fused-ring (bicyclic) bond motifs is 2. The van der Waals surface area contributed by atoms with Gasteiger partial charge in [-0.1, -0.05) is 48.5 Å². The number of carbonyl (C=O) groups excluding carboxylic acids is 2. The number of benzene rings is 2. The fourth-order valence-electron chi connectivity index (χ4n) is 3.11. The van der Waals surface area contributed by atoms with Crippen molar-refractivity contribution < 1.29 is 9.59 Å². The molecule has 134 valence electrons. The topological polar surface area (TPSA) is 75.5 Å². The third-order valence-corrected chi connectivity index (χ3v) is 4.47. The Labute approximate surface area is 155 Å². The van der Waals surface area contributed by atoms with Gasteiger partial charge in [0.05, 0.1) is 6.42 Å². The first-order valence-electron chi connectivity index (χ1n) is 8.62. The monoisotopic (exact) mass is 358 g/mol. The summed E-state index contributed by atoms with van der Waals surface area (Å²) in [6.07, 6.45) is 1.82. The lowest BCUT2D eigenvalue weighted by Gasteiger charge is -2.08. The fraction of sp³-hybridized carbons (Fsp3) is 0.0952. The Morgan fingerprint density at radius 2 is 1.74 bits per heavy atom. The minimum atomic E-state index is -0.454. The van der Waals surface area contributed by atoms with E-state index < -0.39 is 5.91 Å². The van der Waals surface area contributed by atoms with Crippen molar-refractivity contribution in [1.29, 1.82) is 0 Å². The predicted molar refractivity (Wildman–Crippen MR) is 103 cm³/mol. The smallest absolute Gasteiger partial charge is 0.289 e. The van der Waals surface area contributed by atoms with Crippen molar-refractivity contribution in [1.82, 2.24) is 20.2 Å². The molecule has 4 rings (SSSR count). The molecule has 0 saturated heterocycles. The molecule has 2 aromatic heterocycles. The van der Waals surface area contributed by atoms with Crippen LogP contribution in [0, 0.1) is 6.92 Å². The van der Waals surface area contributed by atoms with E-state index in [1.807, 2.05) is 72.0 Å².